The van der Waals surface area contributed by atoms with Crippen molar-refractivity contribution in [2.75, 3.05) is 25.8 Å². The molecule has 0 saturated heterocycles. The number of rotatable bonds is 6. The molecule has 7 heteroatoms. The molecule has 0 aromatic heterocycles. The third-order valence-corrected chi connectivity index (χ3v) is 4.64. The first-order valence-electron chi connectivity index (χ1n) is 9.04. The zero-order valence-electron chi connectivity index (χ0n) is 15.7. The van der Waals surface area contributed by atoms with E-state index in [9.17, 15) is 9.59 Å². The summed E-state index contributed by atoms with van der Waals surface area (Å²) in [6.07, 6.45) is 0.685. The lowest BCUT2D eigenvalue weighted by atomic mass is 10.0. The molecule has 0 aliphatic carbocycles. The maximum absolute atomic E-state index is 13.0. The number of benzene rings is 2. The van der Waals surface area contributed by atoms with E-state index in [1.54, 1.807) is 49.6 Å². The normalized spacial score (nSPS) is 15.4. The molecular weight excluding hydrogens is 360 g/mol. The van der Waals surface area contributed by atoms with E-state index in [0.717, 1.165) is 0 Å². The smallest absolute Gasteiger partial charge is 0.278 e. The Bertz CT molecular complexity index is 965. The highest BCUT2D eigenvalue weighted by atomic mass is 16.7. The third kappa shape index (κ3) is 3.05. The minimum absolute atomic E-state index is 0.167. The standard InChI is InChI=1S/C21H20N2O5/c1-3-10-23-20(24)18(13-4-7-15(26-2)8-5-13)19(21(23)25)22-14-6-9-16-17(11-14)28-12-27-16/h4-9,11,22H,3,10,12H2,1-2H3. The molecule has 0 bridgehead atoms. The Kier molecular flexibility index (Phi) is 4.65. The largest absolute Gasteiger partial charge is 0.497 e. The third-order valence-electron chi connectivity index (χ3n) is 4.64. The van der Waals surface area contributed by atoms with Gasteiger partial charge in [-0.15, -0.1) is 0 Å². The number of carbonyl (C=O) groups is 2. The van der Waals surface area contributed by atoms with Crippen molar-refractivity contribution in [1.29, 1.82) is 0 Å². The number of hydrogen-bond donors (Lipinski definition) is 1. The molecule has 2 aromatic rings. The Morgan fingerprint density at radius 2 is 1.79 bits per heavy atom. The lowest BCUT2D eigenvalue weighted by Crippen LogP contribution is -2.33. The van der Waals surface area contributed by atoms with Gasteiger partial charge >= 0.3 is 0 Å². The van der Waals surface area contributed by atoms with Gasteiger partial charge in [-0.05, 0) is 36.2 Å². The molecule has 1 N–H and O–H groups in total. The molecule has 0 radical (unpaired) electrons. The van der Waals surface area contributed by atoms with Crippen molar-refractivity contribution in [3.05, 3.63) is 53.7 Å². The minimum atomic E-state index is -0.338. The number of methoxy groups -OCH3 is 1. The summed E-state index contributed by atoms with van der Waals surface area (Å²) in [6, 6.07) is 12.4. The van der Waals surface area contributed by atoms with Gasteiger partial charge in [0.05, 0.1) is 12.7 Å². The summed E-state index contributed by atoms with van der Waals surface area (Å²) in [5.74, 6) is 1.28. The van der Waals surface area contributed by atoms with E-state index in [0.29, 0.717) is 47.0 Å². The summed E-state index contributed by atoms with van der Waals surface area (Å²) in [4.78, 5) is 27.2. The van der Waals surface area contributed by atoms with Crippen molar-refractivity contribution < 1.29 is 23.8 Å². The number of carbonyl (C=O) groups excluding carboxylic acids is 2. The van der Waals surface area contributed by atoms with Gasteiger partial charge in [0.15, 0.2) is 11.5 Å². The van der Waals surface area contributed by atoms with E-state index in [4.69, 9.17) is 14.2 Å². The Morgan fingerprint density at radius 1 is 1.04 bits per heavy atom. The number of fused-ring (bicyclic) bond motifs is 1. The minimum Gasteiger partial charge on any atom is -0.497 e. The van der Waals surface area contributed by atoms with Crippen molar-refractivity contribution >= 4 is 23.1 Å². The fourth-order valence-electron chi connectivity index (χ4n) is 3.26. The van der Waals surface area contributed by atoms with Gasteiger partial charge in [-0.1, -0.05) is 19.1 Å². The quantitative estimate of drug-likeness (QED) is 0.777. The van der Waals surface area contributed by atoms with Gasteiger partial charge in [0.1, 0.15) is 11.4 Å². The van der Waals surface area contributed by atoms with Crippen LogP contribution < -0.4 is 19.5 Å². The molecule has 0 atom stereocenters. The second-order valence-corrected chi connectivity index (χ2v) is 6.43. The lowest BCUT2D eigenvalue weighted by molar-refractivity contribution is -0.136. The molecule has 2 amide bonds. The van der Waals surface area contributed by atoms with E-state index >= 15 is 0 Å². The fourth-order valence-corrected chi connectivity index (χ4v) is 3.26. The Labute approximate surface area is 162 Å². The van der Waals surface area contributed by atoms with Crippen LogP contribution in [-0.2, 0) is 9.59 Å². The lowest BCUT2D eigenvalue weighted by Gasteiger charge is -2.13. The van der Waals surface area contributed by atoms with Crippen LogP contribution >= 0.6 is 0 Å². The molecule has 144 valence electrons. The van der Waals surface area contributed by atoms with Gasteiger partial charge in [-0.25, -0.2) is 0 Å². The molecule has 0 fully saturated rings. The van der Waals surface area contributed by atoms with Crippen molar-refractivity contribution in [2.24, 2.45) is 0 Å². The van der Waals surface area contributed by atoms with E-state index in [1.165, 1.54) is 4.90 Å². The molecule has 2 heterocycles. The van der Waals surface area contributed by atoms with Gasteiger partial charge in [0.2, 0.25) is 6.79 Å². The van der Waals surface area contributed by atoms with Crippen LogP contribution in [0.4, 0.5) is 5.69 Å². The fraction of sp³-hybridized carbons (Fsp3) is 0.238. The van der Waals surface area contributed by atoms with Gasteiger partial charge < -0.3 is 19.5 Å². The molecule has 2 aromatic carbocycles. The van der Waals surface area contributed by atoms with Gasteiger partial charge in [0.25, 0.3) is 11.8 Å². The van der Waals surface area contributed by atoms with E-state index in [2.05, 4.69) is 5.32 Å². The second kappa shape index (κ2) is 7.26. The van der Waals surface area contributed by atoms with Crippen LogP contribution in [0, 0.1) is 0 Å². The predicted molar refractivity (Wildman–Crippen MR) is 103 cm³/mol. The monoisotopic (exact) mass is 380 g/mol. The maximum Gasteiger partial charge on any atom is 0.278 e. The molecule has 2 aliphatic heterocycles. The Hall–Kier alpha value is -3.48. The SMILES string of the molecule is CCCN1C(=O)C(Nc2ccc3c(c2)OCO3)=C(c2ccc(OC)cc2)C1=O. The topological polar surface area (TPSA) is 77.1 Å². The molecule has 0 saturated carbocycles. The zero-order chi connectivity index (χ0) is 19.7. The molecule has 0 spiro atoms. The van der Waals surface area contributed by atoms with E-state index in [-0.39, 0.29) is 24.3 Å². The van der Waals surface area contributed by atoms with Crippen molar-refractivity contribution in [2.45, 2.75) is 13.3 Å². The number of nitrogens with one attached hydrogen (secondary N) is 1. The van der Waals surface area contributed by atoms with Crippen molar-refractivity contribution in [3.63, 3.8) is 0 Å². The van der Waals surface area contributed by atoms with Crippen LogP contribution in [0.3, 0.4) is 0 Å². The average Bonchev–Trinajstić information content (AvgIpc) is 3.27. The van der Waals surface area contributed by atoms with Crippen LogP contribution in [0.5, 0.6) is 17.2 Å². The first kappa shape index (κ1) is 17.9. The Morgan fingerprint density at radius 3 is 2.50 bits per heavy atom. The van der Waals surface area contributed by atoms with Crippen LogP contribution in [0.2, 0.25) is 0 Å². The molecule has 28 heavy (non-hydrogen) atoms. The molecular formula is C21H20N2O5. The summed E-state index contributed by atoms with van der Waals surface area (Å²) < 4.78 is 15.9. The molecule has 4 rings (SSSR count). The number of nitrogens with zero attached hydrogens (tertiary/aromatic N) is 1. The van der Waals surface area contributed by atoms with E-state index < -0.39 is 0 Å². The number of amides is 2. The number of anilines is 1. The first-order valence-corrected chi connectivity index (χ1v) is 9.04. The summed E-state index contributed by atoms with van der Waals surface area (Å²) in [5.41, 5.74) is 1.90. The van der Waals surface area contributed by atoms with Crippen LogP contribution in [0.15, 0.2) is 48.2 Å². The molecule has 2 aliphatic rings. The van der Waals surface area contributed by atoms with Gasteiger partial charge in [-0.3, -0.25) is 14.5 Å². The summed E-state index contributed by atoms with van der Waals surface area (Å²) >= 11 is 0. The summed E-state index contributed by atoms with van der Waals surface area (Å²) in [6.45, 7) is 2.46. The average molecular weight is 380 g/mol. The predicted octanol–water partition coefficient (Wildman–Crippen LogP) is 3.03. The second-order valence-electron chi connectivity index (χ2n) is 6.43. The number of hydrogen-bond acceptors (Lipinski definition) is 6. The highest BCUT2D eigenvalue weighted by molar-refractivity contribution is 6.36. The first-order chi connectivity index (χ1) is 13.6. The van der Waals surface area contributed by atoms with Crippen LogP contribution in [0.25, 0.3) is 5.57 Å². The highest BCUT2D eigenvalue weighted by Gasteiger charge is 2.38. The highest BCUT2D eigenvalue weighted by Crippen LogP contribution is 2.36. The van der Waals surface area contributed by atoms with Crippen LogP contribution in [0.1, 0.15) is 18.9 Å². The van der Waals surface area contributed by atoms with E-state index in [1.807, 2.05) is 6.92 Å². The zero-order valence-corrected chi connectivity index (χ0v) is 15.7. The van der Waals surface area contributed by atoms with Gasteiger partial charge in [0, 0.05) is 18.3 Å². The maximum atomic E-state index is 13.0. The number of imide groups is 1. The van der Waals surface area contributed by atoms with Gasteiger partial charge in [-0.2, -0.15) is 0 Å². The summed E-state index contributed by atoms with van der Waals surface area (Å²) in [5, 5.41) is 3.12. The summed E-state index contributed by atoms with van der Waals surface area (Å²) in [7, 11) is 1.58. The Balaban J connectivity index is 1.74. The van der Waals surface area contributed by atoms with Crippen LogP contribution in [-0.4, -0.2) is 37.2 Å². The van der Waals surface area contributed by atoms with Crippen molar-refractivity contribution in [3.8, 4) is 17.2 Å². The number of ether oxygens (including phenoxy) is 3. The molecule has 0 unspecified atom stereocenters. The van der Waals surface area contributed by atoms with Crippen molar-refractivity contribution in [1.82, 2.24) is 4.90 Å². The molecule has 7 nitrogen and oxygen atoms in total.